The van der Waals surface area contributed by atoms with E-state index in [9.17, 15) is 9.59 Å². The highest BCUT2D eigenvalue weighted by Crippen LogP contribution is 2.33. The van der Waals surface area contributed by atoms with Crippen molar-refractivity contribution in [1.29, 1.82) is 0 Å². The van der Waals surface area contributed by atoms with Gasteiger partial charge in [0.1, 0.15) is 5.82 Å². The Bertz CT molecular complexity index is 611. The molecule has 0 aromatic carbocycles. The van der Waals surface area contributed by atoms with Gasteiger partial charge in [0, 0.05) is 44.3 Å². The van der Waals surface area contributed by atoms with Gasteiger partial charge in [-0.15, -0.1) is 5.10 Å². The molecule has 1 aliphatic carbocycles. The molecular weight excluding hydrogens is 306 g/mol. The number of carbonyl (C=O) groups is 2. The van der Waals surface area contributed by atoms with E-state index in [-0.39, 0.29) is 17.7 Å². The lowest BCUT2D eigenvalue weighted by Crippen LogP contribution is -2.45. The predicted molar refractivity (Wildman–Crippen MR) is 88.1 cm³/mol. The second-order valence-electron chi connectivity index (χ2n) is 7.03. The van der Waals surface area contributed by atoms with Crippen molar-refractivity contribution in [1.82, 2.24) is 20.0 Å². The molecule has 1 aromatic heterocycles. The maximum atomic E-state index is 12.7. The van der Waals surface area contributed by atoms with E-state index in [1.54, 1.807) is 6.20 Å². The fraction of sp³-hybridized carbons (Fsp3) is 0.647. The Morgan fingerprint density at radius 1 is 1.21 bits per heavy atom. The fourth-order valence-electron chi connectivity index (χ4n) is 3.73. The molecule has 1 saturated carbocycles. The summed E-state index contributed by atoms with van der Waals surface area (Å²) in [5.41, 5.74) is 0. The van der Waals surface area contributed by atoms with Crippen LogP contribution in [0.15, 0.2) is 18.3 Å². The van der Waals surface area contributed by atoms with Crippen LogP contribution in [0.4, 0.5) is 5.82 Å². The van der Waals surface area contributed by atoms with Crippen LogP contribution in [0.1, 0.15) is 32.1 Å². The zero-order valence-electron chi connectivity index (χ0n) is 13.7. The number of amides is 2. The van der Waals surface area contributed by atoms with Crippen molar-refractivity contribution in [2.75, 3.05) is 25.0 Å². The van der Waals surface area contributed by atoms with E-state index >= 15 is 0 Å². The highest BCUT2D eigenvalue weighted by Gasteiger charge is 2.43. The van der Waals surface area contributed by atoms with Gasteiger partial charge in [-0.3, -0.25) is 9.59 Å². The number of aromatic nitrogens is 2. The predicted octanol–water partition coefficient (Wildman–Crippen LogP) is 0.890. The molecule has 2 aliphatic heterocycles. The van der Waals surface area contributed by atoms with E-state index in [0.717, 1.165) is 44.6 Å². The van der Waals surface area contributed by atoms with Gasteiger partial charge in [-0.1, -0.05) is 0 Å². The summed E-state index contributed by atoms with van der Waals surface area (Å²) in [5, 5.41) is 11.3. The first-order chi connectivity index (χ1) is 11.7. The largest absolute Gasteiger partial charge is 0.366 e. The highest BCUT2D eigenvalue weighted by atomic mass is 16.2. The van der Waals surface area contributed by atoms with Crippen LogP contribution in [0.25, 0.3) is 0 Å². The standard InChI is InChI=1S/C17H23N5O2/c23-16-10-12(11-22(16)14-3-4-14)17(24)21-8-5-13(6-9-21)19-15-2-1-7-18-20-15/h1-2,7,12-14H,3-6,8-11H2,(H,19,20)/t12-/m0/s1. The Morgan fingerprint density at radius 2 is 2.00 bits per heavy atom. The smallest absolute Gasteiger partial charge is 0.227 e. The number of rotatable bonds is 4. The van der Waals surface area contributed by atoms with E-state index in [1.165, 1.54) is 0 Å². The number of anilines is 1. The van der Waals surface area contributed by atoms with Gasteiger partial charge in [0.15, 0.2) is 0 Å². The van der Waals surface area contributed by atoms with Crippen LogP contribution < -0.4 is 5.32 Å². The van der Waals surface area contributed by atoms with Crippen molar-refractivity contribution in [2.24, 2.45) is 5.92 Å². The maximum Gasteiger partial charge on any atom is 0.227 e. The summed E-state index contributed by atoms with van der Waals surface area (Å²) in [4.78, 5) is 28.6. The number of carbonyl (C=O) groups excluding carboxylic acids is 2. The minimum atomic E-state index is -0.136. The van der Waals surface area contributed by atoms with Crippen LogP contribution in [0, 0.1) is 5.92 Å². The number of piperidine rings is 1. The van der Waals surface area contributed by atoms with Crippen molar-refractivity contribution >= 4 is 17.6 Å². The Labute approximate surface area is 141 Å². The Hall–Kier alpha value is -2.18. The van der Waals surface area contributed by atoms with Gasteiger partial charge in [0.2, 0.25) is 11.8 Å². The van der Waals surface area contributed by atoms with Gasteiger partial charge >= 0.3 is 0 Å². The van der Waals surface area contributed by atoms with E-state index < -0.39 is 0 Å². The van der Waals surface area contributed by atoms with Crippen molar-refractivity contribution < 1.29 is 9.59 Å². The summed E-state index contributed by atoms with van der Waals surface area (Å²) in [5.74, 6) is 0.964. The van der Waals surface area contributed by atoms with Crippen LogP contribution in [0.3, 0.4) is 0 Å². The molecule has 0 spiro atoms. The SMILES string of the molecule is O=C([C@H]1CC(=O)N(C2CC2)C1)N1CCC(Nc2cccnn2)CC1. The van der Waals surface area contributed by atoms with Gasteiger partial charge in [-0.2, -0.15) is 5.10 Å². The number of nitrogens with zero attached hydrogens (tertiary/aromatic N) is 4. The topological polar surface area (TPSA) is 78.4 Å². The molecule has 0 unspecified atom stereocenters. The molecule has 4 rings (SSSR count). The number of hydrogen-bond acceptors (Lipinski definition) is 5. The molecule has 1 N–H and O–H groups in total. The first-order valence-corrected chi connectivity index (χ1v) is 8.83. The van der Waals surface area contributed by atoms with E-state index in [1.807, 2.05) is 21.9 Å². The van der Waals surface area contributed by atoms with Crippen LogP contribution in [0.5, 0.6) is 0 Å². The summed E-state index contributed by atoms with van der Waals surface area (Å²) in [6, 6.07) is 4.49. The summed E-state index contributed by atoms with van der Waals surface area (Å²) in [6.45, 7) is 2.11. The molecule has 128 valence electrons. The molecular formula is C17H23N5O2. The number of hydrogen-bond donors (Lipinski definition) is 1. The quantitative estimate of drug-likeness (QED) is 0.887. The number of likely N-dealkylation sites (tertiary alicyclic amines) is 2. The molecule has 7 nitrogen and oxygen atoms in total. The molecule has 0 bridgehead atoms. The number of nitrogens with one attached hydrogen (secondary N) is 1. The zero-order valence-corrected chi connectivity index (χ0v) is 13.7. The third-order valence-corrected chi connectivity index (χ3v) is 5.23. The lowest BCUT2D eigenvalue weighted by molar-refractivity contribution is -0.136. The van der Waals surface area contributed by atoms with E-state index in [2.05, 4.69) is 15.5 Å². The lowest BCUT2D eigenvalue weighted by atomic mass is 10.0. The van der Waals surface area contributed by atoms with Gasteiger partial charge < -0.3 is 15.1 Å². The van der Waals surface area contributed by atoms with Crippen LogP contribution in [-0.4, -0.2) is 63.5 Å². The third kappa shape index (κ3) is 3.20. The van der Waals surface area contributed by atoms with Crippen LogP contribution >= 0.6 is 0 Å². The second kappa shape index (κ2) is 6.37. The Balaban J connectivity index is 1.28. The summed E-state index contributed by atoms with van der Waals surface area (Å²) >= 11 is 0. The fourth-order valence-corrected chi connectivity index (χ4v) is 3.73. The normalized spacial score (nSPS) is 25.2. The van der Waals surface area contributed by atoms with Crippen molar-refractivity contribution in [3.05, 3.63) is 18.3 Å². The minimum Gasteiger partial charge on any atom is -0.366 e. The molecule has 7 heteroatoms. The Morgan fingerprint density at radius 3 is 2.67 bits per heavy atom. The first-order valence-electron chi connectivity index (χ1n) is 8.83. The zero-order chi connectivity index (χ0) is 16.5. The molecule has 3 aliphatic rings. The first kappa shape index (κ1) is 15.4. The maximum absolute atomic E-state index is 12.7. The molecule has 1 aromatic rings. The molecule has 3 fully saturated rings. The summed E-state index contributed by atoms with van der Waals surface area (Å²) in [7, 11) is 0. The second-order valence-corrected chi connectivity index (χ2v) is 7.03. The Kier molecular flexibility index (Phi) is 4.08. The summed E-state index contributed by atoms with van der Waals surface area (Å²) in [6.07, 6.45) is 6.05. The van der Waals surface area contributed by atoms with E-state index in [4.69, 9.17) is 0 Å². The van der Waals surface area contributed by atoms with Crippen LogP contribution in [0.2, 0.25) is 0 Å². The molecule has 0 radical (unpaired) electrons. The van der Waals surface area contributed by atoms with Crippen molar-refractivity contribution in [3.63, 3.8) is 0 Å². The van der Waals surface area contributed by atoms with Crippen LogP contribution in [-0.2, 0) is 9.59 Å². The van der Waals surface area contributed by atoms with Crippen molar-refractivity contribution in [2.45, 2.75) is 44.2 Å². The molecule has 2 saturated heterocycles. The molecule has 2 amide bonds. The summed E-state index contributed by atoms with van der Waals surface area (Å²) < 4.78 is 0. The highest BCUT2D eigenvalue weighted by molar-refractivity contribution is 5.89. The molecule has 3 heterocycles. The minimum absolute atomic E-state index is 0.136. The van der Waals surface area contributed by atoms with Gasteiger partial charge in [0.25, 0.3) is 0 Å². The molecule has 24 heavy (non-hydrogen) atoms. The monoisotopic (exact) mass is 329 g/mol. The van der Waals surface area contributed by atoms with E-state index in [0.29, 0.717) is 25.0 Å². The average Bonchev–Trinajstić information content (AvgIpc) is 3.38. The van der Waals surface area contributed by atoms with Gasteiger partial charge in [-0.05, 0) is 37.8 Å². The lowest BCUT2D eigenvalue weighted by Gasteiger charge is -2.34. The average molecular weight is 329 g/mol. The third-order valence-electron chi connectivity index (χ3n) is 5.23. The van der Waals surface area contributed by atoms with Gasteiger partial charge in [-0.25, -0.2) is 0 Å². The van der Waals surface area contributed by atoms with Crippen molar-refractivity contribution in [3.8, 4) is 0 Å². The molecule has 1 atom stereocenters. The van der Waals surface area contributed by atoms with Gasteiger partial charge in [0.05, 0.1) is 5.92 Å².